The molecule has 2 amide bonds. The molecule has 0 bridgehead atoms. The maximum atomic E-state index is 12.2. The summed E-state index contributed by atoms with van der Waals surface area (Å²) in [5, 5.41) is 1.11. The van der Waals surface area contributed by atoms with E-state index in [2.05, 4.69) is 5.43 Å². The van der Waals surface area contributed by atoms with Crippen LogP contribution in [0.4, 0.5) is 0 Å². The van der Waals surface area contributed by atoms with Gasteiger partial charge in [0, 0.05) is 17.5 Å². The number of carbonyl (C=O) groups is 4. The fourth-order valence-electron chi connectivity index (χ4n) is 2.83. The molecule has 1 saturated heterocycles. The number of esters is 1. The van der Waals surface area contributed by atoms with E-state index in [1.165, 1.54) is 0 Å². The first-order valence-corrected chi connectivity index (χ1v) is 8.87. The molecule has 7 heteroatoms. The number of hydrogen-bond acceptors (Lipinski definition) is 5. The first-order valence-electron chi connectivity index (χ1n) is 8.87. The summed E-state index contributed by atoms with van der Waals surface area (Å²) in [5.41, 5.74) is 4.38. The second-order valence-electron chi connectivity index (χ2n) is 6.61. The van der Waals surface area contributed by atoms with Gasteiger partial charge in [-0.25, -0.2) is 0 Å². The molecular formula is C21H20N2O5. The second-order valence-corrected chi connectivity index (χ2v) is 6.61. The van der Waals surface area contributed by atoms with E-state index in [1.807, 2.05) is 6.92 Å². The van der Waals surface area contributed by atoms with Gasteiger partial charge >= 0.3 is 5.97 Å². The Labute approximate surface area is 162 Å². The molecule has 0 spiro atoms. The lowest BCUT2D eigenvalue weighted by Gasteiger charge is -2.17. The van der Waals surface area contributed by atoms with E-state index in [1.54, 1.807) is 54.6 Å². The van der Waals surface area contributed by atoms with E-state index in [0.29, 0.717) is 11.1 Å². The summed E-state index contributed by atoms with van der Waals surface area (Å²) in [6.07, 6.45) is -0.0768. The van der Waals surface area contributed by atoms with Crippen molar-refractivity contribution in [1.82, 2.24) is 10.4 Å². The van der Waals surface area contributed by atoms with Crippen molar-refractivity contribution < 1.29 is 23.9 Å². The van der Waals surface area contributed by atoms with Crippen LogP contribution in [-0.2, 0) is 14.3 Å². The summed E-state index contributed by atoms with van der Waals surface area (Å²) in [7, 11) is 0. The lowest BCUT2D eigenvalue weighted by Crippen LogP contribution is -2.43. The van der Waals surface area contributed by atoms with Crippen molar-refractivity contribution in [1.29, 1.82) is 0 Å². The molecule has 2 aromatic carbocycles. The maximum Gasteiger partial charge on any atom is 0.311 e. The minimum atomic E-state index is -0.727. The van der Waals surface area contributed by atoms with Crippen LogP contribution < -0.4 is 5.43 Å². The van der Waals surface area contributed by atoms with Gasteiger partial charge in [0.25, 0.3) is 5.91 Å². The zero-order valence-electron chi connectivity index (χ0n) is 15.4. The number of nitrogens with one attached hydrogen (secondary N) is 1. The zero-order chi connectivity index (χ0) is 20.1. The number of hydrazine groups is 1. The van der Waals surface area contributed by atoms with Gasteiger partial charge in [-0.3, -0.25) is 29.6 Å². The maximum absolute atomic E-state index is 12.2. The quantitative estimate of drug-likeness (QED) is 0.610. The summed E-state index contributed by atoms with van der Waals surface area (Å²) in [5.74, 6) is -2.49. The highest BCUT2D eigenvalue weighted by Gasteiger charge is 2.36. The minimum absolute atomic E-state index is 0.00889. The number of ether oxygens (including phenoxy) is 1. The van der Waals surface area contributed by atoms with Crippen molar-refractivity contribution in [3.05, 3.63) is 71.3 Å². The molecule has 0 radical (unpaired) electrons. The standard InChI is InChI=1S/C21H20N2O5/c1-14-7-9-15(10-8-14)18(24)13-28-21(27)17-11-19(25)23(12-17)22-20(26)16-5-3-2-4-6-16/h2-10,17H,11-13H2,1H3,(H,22,26)/t17-/m1/s1. The van der Waals surface area contributed by atoms with Crippen LogP contribution in [0.3, 0.4) is 0 Å². The third-order valence-corrected chi connectivity index (χ3v) is 4.45. The molecule has 0 unspecified atom stereocenters. The Bertz CT molecular complexity index is 893. The van der Waals surface area contributed by atoms with Gasteiger partial charge in [-0.1, -0.05) is 48.0 Å². The molecule has 3 rings (SSSR count). The number of hydrogen-bond donors (Lipinski definition) is 1. The Kier molecular flexibility index (Phi) is 5.84. The molecule has 1 aliphatic rings. The monoisotopic (exact) mass is 380 g/mol. The van der Waals surface area contributed by atoms with Crippen LogP contribution in [0.25, 0.3) is 0 Å². The van der Waals surface area contributed by atoms with Crippen molar-refractivity contribution >= 4 is 23.6 Å². The number of carbonyl (C=O) groups excluding carboxylic acids is 4. The van der Waals surface area contributed by atoms with Crippen LogP contribution in [0, 0.1) is 12.8 Å². The third kappa shape index (κ3) is 4.62. The number of nitrogens with zero attached hydrogens (tertiary/aromatic N) is 1. The van der Waals surface area contributed by atoms with E-state index in [-0.39, 0.29) is 31.3 Å². The first kappa shape index (κ1) is 19.3. The smallest absolute Gasteiger partial charge is 0.311 e. The molecule has 0 saturated carbocycles. The van der Waals surface area contributed by atoms with Crippen LogP contribution in [0.5, 0.6) is 0 Å². The van der Waals surface area contributed by atoms with E-state index < -0.39 is 17.8 Å². The molecule has 28 heavy (non-hydrogen) atoms. The molecule has 1 heterocycles. The van der Waals surface area contributed by atoms with Crippen molar-refractivity contribution in [2.45, 2.75) is 13.3 Å². The first-order chi connectivity index (χ1) is 13.4. The topological polar surface area (TPSA) is 92.8 Å². The molecule has 0 aromatic heterocycles. The summed E-state index contributed by atoms with van der Waals surface area (Å²) < 4.78 is 5.08. The average Bonchev–Trinajstić information content (AvgIpc) is 3.07. The number of amides is 2. The van der Waals surface area contributed by atoms with Gasteiger partial charge in [0.05, 0.1) is 12.5 Å². The van der Waals surface area contributed by atoms with Gasteiger partial charge in [-0.05, 0) is 19.1 Å². The average molecular weight is 380 g/mol. The van der Waals surface area contributed by atoms with Crippen LogP contribution >= 0.6 is 0 Å². The highest BCUT2D eigenvalue weighted by molar-refractivity contribution is 5.99. The Morgan fingerprint density at radius 1 is 1.04 bits per heavy atom. The normalized spacial score (nSPS) is 16.0. The molecule has 1 aliphatic heterocycles. The third-order valence-electron chi connectivity index (χ3n) is 4.45. The van der Waals surface area contributed by atoms with Crippen molar-refractivity contribution in [2.24, 2.45) is 5.92 Å². The number of benzene rings is 2. The van der Waals surface area contributed by atoms with Crippen molar-refractivity contribution in [2.75, 3.05) is 13.2 Å². The lowest BCUT2D eigenvalue weighted by atomic mass is 10.1. The molecule has 1 fully saturated rings. The van der Waals surface area contributed by atoms with E-state index in [4.69, 9.17) is 4.74 Å². The Morgan fingerprint density at radius 2 is 1.71 bits per heavy atom. The van der Waals surface area contributed by atoms with Crippen LogP contribution in [-0.4, -0.2) is 41.7 Å². The van der Waals surface area contributed by atoms with Gasteiger partial charge < -0.3 is 4.74 Å². The SMILES string of the molecule is Cc1ccc(C(=O)COC(=O)[C@@H]2CC(=O)N(NC(=O)c3ccccc3)C2)cc1. The second kappa shape index (κ2) is 8.47. The molecule has 1 N–H and O–H groups in total. The predicted molar refractivity (Wildman–Crippen MR) is 100 cm³/mol. The Morgan fingerprint density at radius 3 is 2.39 bits per heavy atom. The van der Waals surface area contributed by atoms with Gasteiger partial charge in [-0.2, -0.15) is 0 Å². The highest BCUT2D eigenvalue weighted by Crippen LogP contribution is 2.18. The van der Waals surface area contributed by atoms with Gasteiger partial charge in [0.2, 0.25) is 5.91 Å². The van der Waals surface area contributed by atoms with Gasteiger partial charge in [0.1, 0.15) is 0 Å². The Hall–Kier alpha value is -3.48. The van der Waals surface area contributed by atoms with Crippen molar-refractivity contribution in [3.8, 4) is 0 Å². The van der Waals surface area contributed by atoms with Crippen LogP contribution in [0.2, 0.25) is 0 Å². The number of rotatable bonds is 6. The molecule has 1 atom stereocenters. The van der Waals surface area contributed by atoms with E-state index in [0.717, 1.165) is 10.6 Å². The van der Waals surface area contributed by atoms with Gasteiger partial charge in [0.15, 0.2) is 12.4 Å². The number of Topliss-reactive ketones (excluding diaryl/α,β-unsaturated/α-hetero) is 1. The Balaban J connectivity index is 1.51. The van der Waals surface area contributed by atoms with E-state index in [9.17, 15) is 19.2 Å². The van der Waals surface area contributed by atoms with Crippen molar-refractivity contribution in [3.63, 3.8) is 0 Å². The van der Waals surface area contributed by atoms with E-state index >= 15 is 0 Å². The number of aryl methyl sites for hydroxylation is 1. The minimum Gasteiger partial charge on any atom is -0.457 e. The summed E-state index contributed by atoms with van der Waals surface area (Å²) in [4.78, 5) is 48.5. The summed E-state index contributed by atoms with van der Waals surface area (Å²) in [6.45, 7) is 1.53. The summed E-state index contributed by atoms with van der Waals surface area (Å²) >= 11 is 0. The summed E-state index contributed by atoms with van der Waals surface area (Å²) in [6, 6.07) is 15.4. The lowest BCUT2D eigenvalue weighted by molar-refractivity contribution is -0.147. The molecule has 144 valence electrons. The predicted octanol–water partition coefficient (Wildman–Crippen LogP) is 1.91. The highest BCUT2D eigenvalue weighted by atomic mass is 16.5. The fraction of sp³-hybridized carbons (Fsp3) is 0.238. The largest absolute Gasteiger partial charge is 0.457 e. The molecule has 7 nitrogen and oxygen atoms in total. The fourth-order valence-corrected chi connectivity index (χ4v) is 2.83. The number of ketones is 1. The van der Waals surface area contributed by atoms with Crippen LogP contribution in [0.1, 0.15) is 32.7 Å². The molecule has 0 aliphatic carbocycles. The van der Waals surface area contributed by atoms with Crippen LogP contribution in [0.15, 0.2) is 54.6 Å². The molecular weight excluding hydrogens is 360 g/mol. The van der Waals surface area contributed by atoms with Gasteiger partial charge in [-0.15, -0.1) is 0 Å². The zero-order valence-corrected chi connectivity index (χ0v) is 15.4. The molecule has 2 aromatic rings.